The number of hydrogen-bond acceptors (Lipinski definition) is 6. The Labute approximate surface area is 121 Å². The van der Waals surface area contributed by atoms with Crippen molar-refractivity contribution in [1.82, 2.24) is 9.97 Å². The molecule has 0 amide bonds. The average Bonchev–Trinajstić information content (AvgIpc) is 3.02. The molecule has 0 atom stereocenters. The number of rotatable bonds is 4. The lowest BCUT2D eigenvalue weighted by Gasteiger charge is -2.05. The minimum atomic E-state index is 0.593. The second-order valence-corrected chi connectivity index (χ2v) is 4.32. The first-order valence-electron chi connectivity index (χ1n) is 6.30. The SMILES string of the molecule is Nc1cc(N/N=C/c2ccncc2)ccc1-c1cnco1. The van der Waals surface area contributed by atoms with Crippen molar-refractivity contribution in [3.8, 4) is 11.3 Å². The van der Waals surface area contributed by atoms with Gasteiger partial charge in [-0.1, -0.05) is 0 Å². The molecule has 6 heteroatoms. The van der Waals surface area contributed by atoms with Gasteiger partial charge in [0, 0.05) is 23.6 Å². The summed E-state index contributed by atoms with van der Waals surface area (Å²) in [5.41, 5.74) is 12.1. The van der Waals surface area contributed by atoms with E-state index in [4.69, 9.17) is 10.2 Å². The number of hydrazone groups is 1. The Morgan fingerprint density at radius 3 is 2.71 bits per heavy atom. The summed E-state index contributed by atoms with van der Waals surface area (Å²) in [6, 6.07) is 9.26. The van der Waals surface area contributed by atoms with E-state index in [1.54, 1.807) is 30.9 Å². The molecular weight excluding hydrogens is 266 g/mol. The van der Waals surface area contributed by atoms with Gasteiger partial charge in [-0.15, -0.1) is 0 Å². The summed E-state index contributed by atoms with van der Waals surface area (Å²) < 4.78 is 5.23. The number of nitrogen functional groups attached to an aromatic ring is 1. The van der Waals surface area contributed by atoms with Gasteiger partial charge >= 0.3 is 0 Å². The number of nitrogens with two attached hydrogens (primary N) is 1. The summed E-state index contributed by atoms with van der Waals surface area (Å²) in [7, 11) is 0. The first-order chi connectivity index (χ1) is 10.3. The van der Waals surface area contributed by atoms with Crippen molar-refractivity contribution in [2.45, 2.75) is 0 Å². The van der Waals surface area contributed by atoms with E-state index in [0.717, 1.165) is 16.8 Å². The van der Waals surface area contributed by atoms with Crippen LogP contribution < -0.4 is 11.2 Å². The van der Waals surface area contributed by atoms with Gasteiger partial charge in [-0.2, -0.15) is 5.10 Å². The topological polar surface area (TPSA) is 89.3 Å². The fourth-order valence-electron chi connectivity index (χ4n) is 1.84. The van der Waals surface area contributed by atoms with Crippen LogP contribution in [-0.2, 0) is 0 Å². The fraction of sp³-hybridized carbons (Fsp3) is 0. The molecule has 0 saturated heterocycles. The van der Waals surface area contributed by atoms with E-state index < -0.39 is 0 Å². The third-order valence-corrected chi connectivity index (χ3v) is 2.86. The Balaban J connectivity index is 1.73. The highest BCUT2D eigenvalue weighted by Gasteiger charge is 2.06. The molecule has 0 unspecified atom stereocenters. The molecule has 104 valence electrons. The maximum Gasteiger partial charge on any atom is 0.181 e. The Morgan fingerprint density at radius 1 is 1.14 bits per heavy atom. The average molecular weight is 279 g/mol. The van der Waals surface area contributed by atoms with Crippen LogP contribution >= 0.6 is 0 Å². The van der Waals surface area contributed by atoms with Crippen LogP contribution in [0.4, 0.5) is 11.4 Å². The van der Waals surface area contributed by atoms with Crippen LogP contribution in [0.15, 0.2) is 64.8 Å². The summed E-state index contributed by atoms with van der Waals surface area (Å²) in [4.78, 5) is 7.82. The number of oxazole rings is 1. The zero-order valence-electron chi connectivity index (χ0n) is 11.1. The number of aromatic nitrogens is 2. The first-order valence-corrected chi connectivity index (χ1v) is 6.30. The summed E-state index contributed by atoms with van der Waals surface area (Å²) in [6.45, 7) is 0. The van der Waals surface area contributed by atoms with Crippen molar-refractivity contribution in [2.75, 3.05) is 11.2 Å². The van der Waals surface area contributed by atoms with Gasteiger partial charge in [-0.25, -0.2) is 4.98 Å². The monoisotopic (exact) mass is 279 g/mol. The van der Waals surface area contributed by atoms with Crippen molar-refractivity contribution in [1.29, 1.82) is 0 Å². The molecule has 0 aliphatic rings. The Morgan fingerprint density at radius 2 is 2.00 bits per heavy atom. The lowest BCUT2D eigenvalue weighted by atomic mass is 10.1. The van der Waals surface area contributed by atoms with Crippen LogP contribution in [0.2, 0.25) is 0 Å². The normalized spacial score (nSPS) is 10.9. The molecular formula is C15H13N5O. The minimum Gasteiger partial charge on any atom is -0.443 e. The summed E-state index contributed by atoms with van der Waals surface area (Å²) in [5, 5.41) is 4.15. The van der Waals surface area contributed by atoms with Gasteiger partial charge < -0.3 is 10.2 Å². The lowest BCUT2D eigenvalue weighted by molar-refractivity contribution is 0.572. The van der Waals surface area contributed by atoms with Gasteiger partial charge in [-0.3, -0.25) is 10.4 Å². The van der Waals surface area contributed by atoms with Crippen LogP contribution in [0.5, 0.6) is 0 Å². The zero-order valence-corrected chi connectivity index (χ0v) is 11.1. The van der Waals surface area contributed by atoms with Gasteiger partial charge in [0.15, 0.2) is 12.2 Å². The molecule has 1 aromatic carbocycles. The molecule has 2 heterocycles. The third kappa shape index (κ3) is 3.06. The van der Waals surface area contributed by atoms with E-state index in [0.29, 0.717) is 11.4 Å². The Kier molecular flexibility index (Phi) is 3.60. The van der Waals surface area contributed by atoms with E-state index in [2.05, 4.69) is 20.5 Å². The molecule has 0 bridgehead atoms. The predicted octanol–water partition coefficient (Wildman–Crippen LogP) is 2.76. The number of pyridine rings is 1. The first kappa shape index (κ1) is 12.9. The second-order valence-electron chi connectivity index (χ2n) is 4.32. The second kappa shape index (κ2) is 5.87. The zero-order chi connectivity index (χ0) is 14.5. The summed E-state index contributed by atoms with van der Waals surface area (Å²) in [5.74, 6) is 0.638. The summed E-state index contributed by atoms with van der Waals surface area (Å²) >= 11 is 0. The van der Waals surface area contributed by atoms with Crippen LogP contribution in [0.1, 0.15) is 5.56 Å². The van der Waals surface area contributed by atoms with Gasteiger partial charge in [0.25, 0.3) is 0 Å². The molecule has 21 heavy (non-hydrogen) atoms. The van der Waals surface area contributed by atoms with Gasteiger partial charge in [0.2, 0.25) is 0 Å². The lowest BCUT2D eigenvalue weighted by Crippen LogP contribution is -1.94. The van der Waals surface area contributed by atoms with E-state index in [9.17, 15) is 0 Å². The smallest absolute Gasteiger partial charge is 0.181 e. The Bertz CT molecular complexity index is 738. The van der Waals surface area contributed by atoms with E-state index in [1.165, 1.54) is 6.39 Å². The molecule has 0 aliphatic carbocycles. The molecule has 6 nitrogen and oxygen atoms in total. The number of hydrogen-bond donors (Lipinski definition) is 2. The molecule has 0 saturated carbocycles. The van der Waals surface area contributed by atoms with E-state index in [-0.39, 0.29) is 0 Å². The standard InChI is InChI=1S/C15H13N5O/c16-14-7-12(1-2-13(14)15-9-18-10-21-15)20-19-8-11-3-5-17-6-4-11/h1-10,20H,16H2/b19-8+. The van der Waals surface area contributed by atoms with Crippen molar-refractivity contribution in [3.05, 3.63) is 60.9 Å². The van der Waals surface area contributed by atoms with Crippen molar-refractivity contribution < 1.29 is 4.42 Å². The maximum absolute atomic E-state index is 6.01. The number of nitrogens with zero attached hydrogens (tertiary/aromatic N) is 3. The molecule has 0 fully saturated rings. The summed E-state index contributed by atoms with van der Waals surface area (Å²) in [6.07, 6.45) is 8.14. The van der Waals surface area contributed by atoms with Crippen LogP contribution in [-0.4, -0.2) is 16.2 Å². The van der Waals surface area contributed by atoms with E-state index in [1.807, 2.05) is 24.3 Å². The van der Waals surface area contributed by atoms with Crippen molar-refractivity contribution in [2.24, 2.45) is 5.10 Å². The maximum atomic E-state index is 6.01. The van der Waals surface area contributed by atoms with Crippen LogP contribution in [0.3, 0.4) is 0 Å². The Hall–Kier alpha value is -3.15. The molecule has 0 aliphatic heterocycles. The molecule has 3 aromatic rings. The quantitative estimate of drug-likeness (QED) is 0.435. The minimum absolute atomic E-state index is 0.593. The van der Waals surface area contributed by atoms with Crippen molar-refractivity contribution >= 4 is 17.6 Å². The molecule has 0 radical (unpaired) electrons. The van der Waals surface area contributed by atoms with Crippen LogP contribution in [0, 0.1) is 0 Å². The fourth-order valence-corrected chi connectivity index (χ4v) is 1.84. The largest absolute Gasteiger partial charge is 0.443 e. The van der Waals surface area contributed by atoms with Gasteiger partial charge in [0.05, 0.1) is 18.1 Å². The molecule has 2 aromatic heterocycles. The van der Waals surface area contributed by atoms with Crippen LogP contribution in [0.25, 0.3) is 11.3 Å². The predicted molar refractivity (Wildman–Crippen MR) is 81.8 cm³/mol. The van der Waals surface area contributed by atoms with Gasteiger partial charge in [-0.05, 0) is 35.9 Å². The highest BCUT2D eigenvalue weighted by molar-refractivity contribution is 5.80. The number of nitrogens with one attached hydrogen (secondary N) is 1. The number of anilines is 2. The van der Waals surface area contributed by atoms with Crippen molar-refractivity contribution in [3.63, 3.8) is 0 Å². The number of benzene rings is 1. The highest BCUT2D eigenvalue weighted by atomic mass is 16.3. The molecule has 3 N–H and O–H groups in total. The molecule has 3 rings (SSSR count). The molecule has 0 spiro atoms. The van der Waals surface area contributed by atoms with E-state index >= 15 is 0 Å². The van der Waals surface area contributed by atoms with Gasteiger partial charge in [0.1, 0.15) is 0 Å². The highest BCUT2D eigenvalue weighted by Crippen LogP contribution is 2.27. The third-order valence-electron chi connectivity index (χ3n) is 2.86.